The summed E-state index contributed by atoms with van der Waals surface area (Å²) in [7, 11) is 0. The molecule has 0 saturated heterocycles. The van der Waals surface area contributed by atoms with Gasteiger partial charge in [0.1, 0.15) is 12.6 Å². The molecule has 0 unspecified atom stereocenters. The van der Waals surface area contributed by atoms with E-state index < -0.39 is 18.1 Å². The molecule has 0 aliphatic carbocycles. The van der Waals surface area contributed by atoms with Gasteiger partial charge < -0.3 is 20.9 Å². The Hall–Kier alpha value is -2.77. The normalized spacial score (nSPS) is 12.6. The number of rotatable bonds is 9. The Morgan fingerprint density at radius 1 is 1.38 bits per heavy atom. The van der Waals surface area contributed by atoms with Crippen LogP contribution in [0.4, 0.5) is 10.5 Å². The Bertz CT molecular complexity index is 598. The van der Waals surface area contributed by atoms with Gasteiger partial charge in [-0.15, -0.1) is 0 Å². The fourth-order valence-electron chi connectivity index (χ4n) is 1.86. The molecule has 0 heterocycles. The number of hydrogen-bond acceptors (Lipinski definition) is 5. The molecule has 0 aliphatic rings. The van der Waals surface area contributed by atoms with E-state index >= 15 is 0 Å². The van der Waals surface area contributed by atoms with Crippen molar-refractivity contribution in [3.63, 3.8) is 0 Å². The summed E-state index contributed by atoms with van der Waals surface area (Å²) in [6.45, 7) is 2.37. The highest BCUT2D eigenvalue weighted by Gasteiger charge is 2.13. The Kier molecular flexibility index (Phi) is 8.10. The maximum Gasteiger partial charge on any atom is 0.407 e. The third-order valence-electron chi connectivity index (χ3n) is 3.35. The van der Waals surface area contributed by atoms with E-state index in [0.29, 0.717) is 25.1 Å². The number of carbonyl (C=O) groups is 2. The van der Waals surface area contributed by atoms with Gasteiger partial charge in [0.05, 0.1) is 0 Å². The Labute approximate surface area is 139 Å². The maximum atomic E-state index is 11.6. The molecule has 24 heavy (non-hydrogen) atoms. The molecule has 9 heteroatoms. The van der Waals surface area contributed by atoms with Crippen LogP contribution >= 0.6 is 0 Å². The first-order valence-electron chi connectivity index (χ1n) is 7.45. The molecule has 0 bridgehead atoms. The molecule has 0 aliphatic heterocycles. The quantitative estimate of drug-likeness (QED) is 0.360. The Morgan fingerprint density at radius 3 is 2.62 bits per heavy atom. The molecular formula is C15H21N5O4. The summed E-state index contributed by atoms with van der Waals surface area (Å²) in [6, 6.07) is 5.78. The number of nitrogens with one attached hydrogen (secondary N) is 1. The highest BCUT2D eigenvalue weighted by molar-refractivity contribution is 5.72. The lowest BCUT2D eigenvalue weighted by atomic mass is 10.0. The number of azide groups is 1. The lowest BCUT2D eigenvalue weighted by Crippen LogP contribution is -2.32. The minimum Gasteiger partial charge on any atom is -0.480 e. The van der Waals surface area contributed by atoms with E-state index in [1.807, 2.05) is 6.92 Å². The molecule has 1 rings (SSSR count). The predicted molar refractivity (Wildman–Crippen MR) is 87.4 cm³/mol. The van der Waals surface area contributed by atoms with E-state index in [1.165, 1.54) is 0 Å². The van der Waals surface area contributed by atoms with Gasteiger partial charge in [-0.25, -0.2) is 4.79 Å². The Morgan fingerprint density at radius 2 is 2.04 bits per heavy atom. The van der Waals surface area contributed by atoms with Crippen molar-refractivity contribution in [2.75, 3.05) is 6.54 Å². The average Bonchev–Trinajstić information content (AvgIpc) is 2.57. The smallest absolute Gasteiger partial charge is 0.407 e. The topological polar surface area (TPSA) is 150 Å². The summed E-state index contributed by atoms with van der Waals surface area (Å²) in [4.78, 5) is 24.9. The van der Waals surface area contributed by atoms with Crippen molar-refractivity contribution < 1.29 is 19.4 Å². The highest BCUT2D eigenvalue weighted by atomic mass is 16.5. The number of nitrogens with two attached hydrogens (primary N) is 1. The highest BCUT2D eigenvalue weighted by Crippen LogP contribution is 2.13. The van der Waals surface area contributed by atoms with Gasteiger partial charge in [0.25, 0.3) is 0 Å². The zero-order chi connectivity index (χ0) is 17.9. The molecule has 2 atom stereocenters. The van der Waals surface area contributed by atoms with E-state index in [2.05, 4.69) is 15.3 Å². The monoisotopic (exact) mass is 335 g/mol. The van der Waals surface area contributed by atoms with Gasteiger partial charge in [-0.2, -0.15) is 0 Å². The maximum absolute atomic E-state index is 11.6. The summed E-state index contributed by atoms with van der Waals surface area (Å²) >= 11 is 0. The molecule has 0 spiro atoms. The zero-order valence-electron chi connectivity index (χ0n) is 13.4. The van der Waals surface area contributed by atoms with E-state index in [0.717, 1.165) is 5.56 Å². The zero-order valence-corrected chi connectivity index (χ0v) is 13.4. The standard InChI is InChI=1S/C15H21N5O4/c1-10(2-7-13(16)14(21)22)8-18-15(23)24-9-11-3-5-12(6-4-11)19-20-17/h3-6,10,13H,2,7-9,16H2,1H3,(H,18,23)(H,21,22)/t10-,13-/m0/s1. The number of amides is 1. The van der Waals surface area contributed by atoms with Crippen LogP contribution in [-0.4, -0.2) is 29.8 Å². The number of alkyl carbamates (subject to hydrolysis) is 1. The largest absolute Gasteiger partial charge is 0.480 e. The van der Waals surface area contributed by atoms with Crippen LogP contribution in [0.3, 0.4) is 0 Å². The van der Waals surface area contributed by atoms with Crippen molar-refractivity contribution in [3.05, 3.63) is 40.3 Å². The lowest BCUT2D eigenvalue weighted by Gasteiger charge is -2.14. The first kappa shape index (κ1) is 19.3. The second-order valence-electron chi connectivity index (χ2n) is 5.44. The molecule has 0 saturated carbocycles. The van der Waals surface area contributed by atoms with Crippen LogP contribution in [0.25, 0.3) is 10.4 Å². The molecule has 1 aromatic rings. The molecule has 1 amide bonds. The van der Waals surface area contributed by atoms with Crippen molar-refractivity contribution >= 4 is 17.7 Å². The molecule has 0 aromatic heterocycles. The van der Waals surface area contributed by atoms with Gasteiger partial charge in [0.15, 0.2) is 0 Å². The number of carbonyl (C=O) groups excluding carboxylic acids is 1. The van der Waals surface area contributed by atoms with Crippen LogP contribution < -0.4 is 11.1 Å². The van der Waals surface area contributed by atoms with Crippen molar-refractivity contribution in [2.45, 2.75) is 32.4 Å². The summed E-state index contributed by atoms with van der Waals surface area (Å²) < 4.78 is 5.07. The summed E-state index contributed by atoms with van der Waals surface area (Å²) in [5.74, 6) is -0.938. The molecule has 0 radical (unpaired) electrons. The third-order valence-corrected chi connectivity index (χ3v) is 3.35. The van der Waals surface area contributed by atoms with Gasteiger partial charge >= 0.3 is 12.1 Å². The van der Waals surface area contributed by atoms with Crippen molar-refractivity contribution in [1.82, 2.24) is 5.32 Å². The summed E-state index contributed by atoms with van der Waals surface area (Å²) in [5, 5.41) is 14.8. The minimum absolute atomic E-state index is 0.0890. The number of carboxylic acid groups (broad SMARTS) is 1. The van der Waals surface area contributed by atoms with Gasteiger partial charge in [0.2, 0.25) is 0 Å². The van der Waals surface area contributed by atoms with Gasteiger partial charge in [-0.1, -0.05) is 36.3 Å². The first-order valence-corrected chi connectivity index (χ1v) is 7.45. The SMILES string of the molecule is C[C@@H](CC[C@H](N)C(=O)O)CNC(=O)OCc1ccc(N=[N+]=[N-])cc1. The lowest BCUT2D eigenvalue weighted by molar-refractivity contribution is -0.138. The second kappa shape index (κ2) is 10.1. The molecule has 4 N–H and O–H groups in total. The van der Waals surface area contributed by atoms with E-state index in [-0.39, 0.29) is 12.5 Å². The fraction of sp³-hybridized carbons (Fsp3) is 0.467. The summed E-state index contributed by atoms with van der Waals surface area (Å²) in [6.07, 6.45) is 0.392. The minimum atomic E-state index is -1.03. The number of aliphatic carboxylic acids is 1. The number of benzene rings is 1. The predicted octanol–water partition coefficient (Wildman–Crippen LogP) is 2.68. The van der Waals surface area contributed by atoms with Gasteiger partial charge in [0, 0.05) is 17.1 Å². The van der Waals surface area contributed by atoms with Crippen LogP contribution in [0.1, 0.15) is 25.3 Å². The Balaban J connectivity index is 2.26. The van der Waals surface area contributed by atoms with Crippen LogP contribution in [0.2, 0.25) is 0 Å². The van der Waals surface area contributed by atoms with E-state index in [1.54, 1.807) is 24.3 Å². The second-order valence-corrected chi connectivity index (χ2v) is 5.44. The van der Waals surface area contributed by atoms with Crippen LogP contribution in [-0.2, 0) is 16.1 Å². The van der Waals surface area contributed by atoms with Crippen molar-refractivity contribution in [3.8, 4) is 0 Å². The fourth-order valence-corrected chi connectivity index (χ4v) is 1.86. The van der Waals surface area contributed by atoms with Crippen LogP contribution in [0.5, 0.6) is 0 Å². The van der Waals surface area contributed by atoms with Crippen molar-refractivity contribution in [1.29, 1.82) is 0 Å². The van der Waals surface area contributed by atoms with Crippen LogP contribution in [0, 0.1) is 5.92 Å². The number of nitrogens with zero attached hydrogens (tertiary/aromatic N) is 3. The molecular weight excluding hydrogens is 314 g/mol. The number of ether oxygens (including phenoxy) is 1. The average molecular weight is 335 g/mol. The van der Waals surface area contributed by atoms with Gasteiger partial charge in [-0.05, 0) is 29.9 Å². The van der Waals surface area contributed by atoms with E-state index in [9.17, 15) is 9.59 Å². The third kappa shape index (κ3) is 7.48. The molecule has 9 nitrogen and oxygen atoms in total. The molecule has 1 aromatic carbocycles. The summed E-state index contributed by atoms with van der Waals surface area (Å²) in [5.41, 5.74) is 15.0. The van der Waals surface area contributed by atoms with Crippen LogP contribution in [0.15, 0.2) is 29.4 Å². The number of hydrogen-bond donors (Lipinski definition) is 3. The molecule has 0 fully saturated rings. The number of carboxylic acids is 1. The van der Waals surface area contributed by atoms with Crippen molar-refractivity contribution in [2.24, 2.45) is 16.8 Å². The first-order chi connectivity index (χ1) is 11.4. The van der Waals surface area contributed by atoms with E-state index in [4.69, 9.17) is 21.1 Å². The van der Waals surface area contributed by atoms with Gasteiger partial charge in [-0.3, -0.25) is 4.79 Å². The molecule has 130 valence electrons.